The minimum absolute atomic E-state index is 0.176. The summed E-state index contributed by atoms with van der Waals surface area (Å²) in [5.41, 5.74) is 0.00908. The summed E-state index contributed by atoms with van der Waals surface area (Å²) in [6, 6.07) is 5.46. The maximum atomic E-state index is 13.3. The fraction of sp³-hybridized carbons (Fsp3) is 0.476. The van der Waals surface area contributed by atoms with Crippen LogP contribution in [0.2, 0.25) is 0 Å². The van der Waals surface area contributed by atoms with Gasteiger partial charge in [-0.2, -0.15) is 0 Å². The van der Waals surface area contributed by atoms with Crippen molar-refractivity contribution in [1.82, 2.24) is 14.9 Å². The first kappa shape index (κ1) is 18.5. The van der Waals surface area contributed by atoms with E-state index in [0.29, 0.717) is 29.6 Å². The maximum absolute atomic E-state index is 13.3. The molecule has 2 amide bonds. The minimum atomic E-state index is -1.16. The number of carbonyl (C=O) groups excluding carboxylic acids is 3. The molecule has 7 heteroatoms. The van der Waals surface area contributed by atoms with Crippen molar-refractivity contribution >= 4 is 28.5 Å². The van der Waals surface area contributed by atoms with Gasteiger partial charge in [-0.25, -0.2) is 4.98 Å². The lowest BCUT2D eigenvalue weighted by atomic mass is 9.90. The number of nitrogens with one attached hydrogen (secondary N) is 1. The molecule has 2 aromatic rings. The first-order valence-electron chi connectivity index (χ1n) is 9.69. The Labute approximate surface area is 162 Å². The van der Waals surface area contributed by atoms with Crippen molar-refractivity contribution in [3.05, 3.63) is 39.9 Å². The van der Waals surface area contributed by atoms with Gasteiger partial charge in [0.2, 0.25) is 5.91 Å². The second-order valence-electron chi connectivity index (χ2n) is 8.04. The normalized spacial score (nSPS) is 22.4. The number of amides is 2. The number of carbonyl (C=O) groups is 3. The van der Waals surface area contributed by atoms with E-state index >= 15 is 0 Å². The van der Waals surface area contributed by atoms with Gasteiger partial charge in [-0.15, -0.1) is 0 Å². The van der Waals surface area contributed by atoms with Gasteiger partial charge in [0.25, 0.3) is 11.5 Å². The molecule has 28 heavy (non-hydrogen) atoms. The number of nitrogens with zero attached hydrogens (tertiary/aromatic N) is 2. The highest BCUT2D eigenvalue weighted by atomic mass is 16.2. The third-order valence-corrected chi connectivity index (χ3v) is 5.87. The molecule has 2 aliphatic rings. The second kappa shape index (κ2) is 6.65. The van der Waals surface area contributed by atoms with Crippen molar-refractivity contribution < 1.29 is 14.4 Å². The Morgan fingerprint density at radius 1 is 1.29 bits per heavy atom. The highest BCUT2D eigenvalue weighted by Crippen LogP contribution is 2.31. The molecule has 2 fully saturated rings. The van der Waals surface area contributed by atoms with Crippen molar-refractivity contribution in [3.63, 3.8) is 0 Å². The maximum Gasteiger partial charge on any atom is 0.262 e. The van der Waals surface area contributed by atoms with Crippen molar-refractivity contribution in [2.24, 2.45) is 5.92 Å². The van der Waals surface area contributed by atoms with Crippen LogP contribution in [-0.4, -0.2) is 27.1 Å². The fourth-order valence-corrected chi connectivity index (χ4v) is 3.97. The Bertz CT molecular complexity index is 1070. The van der Waals surface area contributed by atoms with Crippen LogP contribution in [-0.2, 0) is 26.3 Å². The van der Waals surface area contributed by atoms with E-state index in [-0.39, 0.29) is 36.0 Å². The molecular weight excluding hydrogens is 358 g/mol. The summed E-state index contributed by atoms with van der Waals surface area (Å²) in [5, 5.41) is 2.75. The molecular formula is C21H23N3O4. The van der Waals surface area contributed by atoms with Crippen molar-refractivity contribution in [1.29, 1.82) is 0 Å². The second-order valence-corrected chi connectivity index (χ2v) is 8.04. The number of benzene rings is 1. The Morgan fingerprint density at radius 3 is 2.71 bits per heavy atom. The van der Waals surface area contributed by atoms with Crippen LogP contribution in [0.1, 0.15) is 50.4 Å². The Hall–Kier alpha value is -2.83. The molecule has 1 aliphatic carbocycles. The number of piperidine rings is 1. The van der Waals surface area contributed by atoms with Crippen molar-refractivity contribution in [3.8, 4) is 0 Å². The average Bonchev–Trinajstić information content (AvgIpc) is 3.49. The van der Waals surface area contributed by atoms with E-state index in [4.69, 9.17) is 0 Å². The number of rotatable bonds is 5. The molecule has 0 bridgehead atoms. The standard InChI is InChI=1S/C21H23N3O4/c1-12-22-16-7-3-13(4-8-17(25)14-5-6-14)11-15(16)19(27)24(12)21(2)10-9-18(26)23-20(21)28/h3,7,11,14H,4-6,8-10H2,1-2H3,(H,23,26,28)/t21-/m0/s1. The zero-order valence-electron chi connectivity index (χ0n) is 16.1. The van der Waals surface area contributed by atoms with Crippen LogP contribution in [0.5, 0.6) is 0 Å². The van der Waals surface area contributed by atoms with Crippen LogP contribution in [0.25, 0.3) is 10.9 Å². The summed E-state index contributed by atoms with van der Waals surface area (Å²) in [7, 11) is 0. The zero-order chi connectivity index (χ0) is 20.1. The van der Waals surface area contributed by atoms with Gasteiger partial charge in [-0.3, -0.25) is 29.1 Å². The molecule has 1 aromatic carbocycles. The van der Waals surface area contributed by atoms with Gasteiger partial charge in [-0.1, -0.05) is 6.07 Å². The van der Waals surface area contributed by atoms with E-state index in [2.05, 4.69) is 10.3 Å². The lowest BCUT2D eigenvalue weighted by molar-refractivity contribution is -0.140. The number of hydrogen-bond donors (Lipinski definition) is 1. The van der Waals surface area contributed by atoms with Crippen LogP contribution in [0, 0.1) is 12.8 Å². The number of aryl methyl sites for hydroxylation is 2. The molecule has 1 saturated heterocycles. The molecule has 4 rings (SSSR count). The Kier molecular flexibility index (Phi) is 4.40. The Balaban J connectivity index is 1.73. The van der Waals surface area contributed by atoms with Gasteiger partial charge in [0.15, 0.2) is 0 Å². The Morgan fingerprint density at radius 2 is 2.04 bits per heavy atom. The summed E-state index contributed by atoms with van der Waals surface area (Å²) >= 11 is 0. The number of Topliss-reactive ketones (excluding diaryl/α,β-unsaturated/α-hetero) is 1. The number of ketones is 1. The molecule has 1 N–H and O–H groups in total. The van der Waals surface area contributed by atoms with E-state index in [1.165, 1.54) is 4.57 Å². The van der Waals surface area contributed by atoms with Gasteiger partial charge >= 0.3 is 0 Å². The number of fused-ring (bicyclic) bond motifs is 1. The quantitative estimate of drug-likeness (QED) is 0.796. The molecule has 1 saturated carbocycles. The van der Waals surface area contributed by atoms with E-state index in [1.807, 2.05) is 6.07 Å². The summed E-state index contributed by atoms with van der Waals surface area (Å²) in [6.45, 7) is 3.35. The molecule has 1 aromatic heterocycles. The number of hydrogen-bond acceptors (Lipinski definition) is 5. The summed E-state index contributed by atoms with van der Waals surface area (Å²) < 4.78 is 1.40. The minimum Gasteiger partial charge on any atom is -0.299 e. The SMILES string of the molecule is Cc1nc2ccc(CCC(=O)C3CC3)cc2c(=O)n1[C@@]1(C)CCC(=O)NC1=O. The monoisotopic (exact) mass is 381 g/mol. The number of imide groups is 1. The molecule has 0 radical (unpaired) electrons. The molecule has 146 valence electrons. The smallest absolute Gasteiger partial charge is 0.262 e. The largest absolute Gasteiger partial charge is 0.299 e. The van der Waals surface area contributed by atoms with E-state index < -0.39 is 11.4 Å². The first-order valence-corrected chi connectivity index (χ1v) is 9.69. The van der Waals surface area contributed by atoms with Crippen LogP contribution in [0.3, 0.4) is 0 Å². The fourth-order valence-electron chi connectivity index (χ4n) is 3.97. The molecule has 2 heterocycles. The third kappa shape index (κ3) is 3.15. The van der Waals surface area contributed by atoms with Gasteiger partial charge in [0, 0.05) is 18.8 Å². The van der Waals surface area contributed by atoms with E-state index in [9.17, 15) is 19.2 Å². The topological polar surface area (TPSA) is 98.1 Å². The molecule has 0 unspecified atom stereocenters. The predicted octanol–water partition coefficient (Wildman–Crippen LogP) is 1.77. The van der Waals surface area contributed by atoms with E-state index in [1.54, 1.807) is 26.0 Å². The highest BCUT2D eigenvalue weighted by molar-refractivity contribution is 6.01. The highest BCUT2D eigenvalue weighted by Gasteiger charge is 2.42. The molecule has 1 aliphatic heterocycles. The number of aromatic nitrogens is 2. The van der Waals surface area contributed by atoms with Crippen molar-refractivity contribution in [2.45, 2.75) is 57.9 Å². The third-order valence-electron chi connectivity index (χ3n) is 5.87. The van der Waals surface area contributed by atoms with Crippen molar-refractivity contribution in [2.75, 3.05) is 0 Å². The molecule has 0 spiro atoms. The molecule has 1 atom stereocenters. The average molecular weight is 381 g/mol. The summed E-state index contributed by atoms with van der Waals surface area (Å²) in [4.78, 5) is 53.8. The first-order chi connectivity index (χ1) is 13.3. The van der Waals surface area contributed by atoms with Gasteiger partial charge in [0.05, 0.1) is 10.9 Å². The van der Waals surface area contributed by atoms with Crippen LogP contribution in [0.15, 0.2) is 23.0 Å². The lowest BCUT2D eigenvalue weighted by Crippen LogP contribution is -2.56. The van der Waals surface area contributed by atoms with Gasteiger partial charge < -0.3 is 0 Å². The van der Waals surface area contributed by atoms with Crippen LogP contribution in [0.4, 0.5) is 0 Å². The summed E-state index contributed by atoms with van der Waals surface area (Å²) in [5.74, 6) is 0.136. The predicted molar refractivity (Wildman–Crippen MR) is 103 cm³/mol. The van der Waals surface area contributed by atoms with Crippen LogP contribution >= 0.6 is 0 Å². The van der Waals surface area contributed by atoms with Gasteiger partial charge in [0.1, 0.15) is 17.1 Å². The molecule has 7 nitrogen and oxygen atoms in total. The zero-order valence-corrected chi connectivity index (χ0v) is 16.1. The van der Waals surface area contributed by atoms with E-state index in [0.717, 1.165) is 18.4 Å². The summed E-state index contributed by atoms with van der Waals surface area (Å²) in [6.07, 6.45) is 3.48. The van der Waals surface area contributed by atoms with Gasteiger partial charge in [-0.05, 0) is 57.2 Å². The lowest BCUT2D eigenvalue weighted by Gasteiger charge is -2.34. The van der Waals surface area contributed by atoms with Crippen LogP contribution < -0.4 is 10.9 Å².